The van der Waals surface area contributed by atoms with Crippen molar-refractivity contribution >= 4 is 17.8 Å². The number of imide groups is 1. The number of likely N-dealkylation sites (tertiary alicyclic amines) is 1. The molecule has 2 fully saturated rings. The summed E-state index contributed by atoms with van der Waals surface area (Å²) in [5, 5.41) is 4.83. The van der Waals surface area contributed by atoms with Gasteiger partial charge in [-0.25, -0.2) is 4.79 Å². The summed E-state index contributed by atoms with van der Waals surface area (Å²) in [4.78, 5) is 36.7. The van der Waals surface area contributed by atoms with E-state index >= 15 is 0 Å². The highest BCUT2D eigenvalue weighted by Gasteiger charge is 2.51. The van der Waals surface area contributed by atoms with E-state index in [1.54, 1.807) is 4.90 Å². The third kappa shape index (κ3) is 2.56. The number of nitrogens with one attached hydrogen (secondary N) is 2. The number of nitrogens with zero attached hydrogens (tertiary/aromatic N) is 1. The first-order valence-corrected chi connectivity index (χ1v) is 6.66. The molecule has 2 aliphatic heterocycles. The van der Waals surface area contributed by atoms with Gasteiger partial charge in [0.05, 0.1) is 12.6 Å². The summed E-state index contributed by atoms with van der Waals surface area (Å²) in [5.41, 5.74) is 4.91. The summed E-state index contributed by atoms with van der Waals surface area (Å²) in [7, 11) is 0. The van der Waals surface area contributed by atoms with Gasteiger partial charge in [0.2, 0.25) is 5.91 Å². The van der Waals surface area contributed by atoms with Crippen LogP contribution in [0.2, 0.25) is 0 Å². The standard InChI is InChI=1S/C12H20N4O3/c1-2-3-4-8(13)9(17)16-6-5-12(7-16)10(18)14-11(19)15-12/h8H,2-7,13H2,1H3,(H2,14,15,18,19). The number of hydrogen-bond acceptors (Lipinski definition) is 4. The van der Waals surface area contributed by atoms with Crippen LogP contribution in [0.1, 0.15) is 32.6 Å². The quantitative estimate of drug-likeness (QED) is 0.587. The Bertz CT molecular complexity index is 412. The van der Waals surface area contributed by atoms with Gasteiger partial charge in [-0.1, -0.05) is 19.8 Å². The number of amides is 4. The molecule has 4 amide bonds. The lowest BCUT2D eigenvalue weighted by atomic mass is 9.99. The van der Waals surface area contributed by atoms with E-state index in [2.05, 4.69) is 10.6 Å². The van der Waals surface area contributed by atoms with Gasteiger partial charge in [-0.05, 0) is 12.8 Å². The Labute approximate surface area is 111 Å². The van der Waals surface area contributed by atoms with Crippen LogP contribution < -0.4 is 16.4 Å². The van der Waals surface area contributed by atoms with Crippen molar-refractivity contribution in [3.63, 3.8) is 0 Å². The molecule has 4 N–H and O–H groups in total. The average molecular weight is 268 g/mol. The van der Waals surface area contributed by atoms with Crippen molar-refractivity contribution in [3.05, 3.63) is 0 Å². The molecule has 2 saturated heterocycles. The molecule has 2 unspecified atom stereocenters. The molecule has 0 saturated carbocycles. The van der Waals surface area contributed by atoms with E-state index in [-0.39, 0.29) is 18.4 Å². The molecule has 0 aromatic carbocycles. The van der Waals surface area contributed by atoms with Crippen molar-refractivity contribution in [3.8, 4) is 0 Å². The molecule has 0 aromatic rings. The van der Waals surface area contributed by atoms with Gasteiger partial charge in [0.25, 0.3) is 5.91 Å². The second-order valence-electron chi connectivity index (χ2n) is 5.25. The van der Waals surface area contributed by atoms with Gasteiger partial charge in [-0.2, -0.15) is 0 Å². The zero-order valence-electron chi connectivity index (χ0n) is 11.1. The summed E-state index contributed by atoms with van der Waals surface area (Å²) >= 11 is 0. The predicted molar refractivity (Wildman–Crippen MR) is 68.1 cm³/mol. The van der Waals surface area contributed by atoms with Crippen molar-refractivity contribution in [1.82, 2.24) is 15.5 Å². The van der Waals surface area contributed by atoms with Gasteiger partial charge >= 0.3 is 6.03 Å². The van der Waals surface area contributed by atoms with E-state index in [4.69, 9.17) is 5.73 Å². The maximum atomic E-state index is 12.1. The Kier molecular flexibility index (Phi) is 3.75. The molecule has 1 spiro atoms. The van der Waals surface area contributed by atoms with Gasteiger partial charge in [0.15, 0.2) is 0 Å². The van der Waals surface area contributed by atoms with E-state index in [9.17, 15) is 14.4 Å². The van der Waals surface area contributed by atoms with Crippen molar-refractivity contribution in [2.45, 2.75) is 44.2 Å². The van der Waals surface area contributed by atoms with E-state index in [0.29, 0.717) is 19.4 Å². The highest BCUT2D eigenvalue weighted by molar-refractivity contribution is 6.07. The first-order chi connectivity index (χ1) is 8.98. The minimum Gasteiger partial charge on any atom is -0.338 e. The molecule has 0 aromatic heterocycles. The minimum atomic E-state index is -0.947. The van der Waals surface area contributed by atoms with Gasteiger partial charge in [-0.15, -0.1) is 0 Å². The van der Waals surface area contributed by atoms with Gasteiger partial charge in [0, 0.05) is 6.54 Å². The maximum Gasteiger partial charge on any atom is 0.322 e. The van der Waals surface area contributed by atoms with E-state index < -0.39 is 17.6 Å². The van der Waals surface area contributed by atoms with Crippen LogP contribution in [0.25, 0.3) is 0 Å². The SMILES string of the molecule is CCCCC(N)C(=O)N1CCC2(C1)NC(=O)NC2=O. The maximum absolute atomic E-state index is 12.1. The number of carbonyl (C=O) groups is 3. The van der Waals surface area contributed by atoms with Crippen molar-refractivity contribution in [1.29, 1.82) is 0 Å². The lowest BCUT2D eigenvalue weighted by molar-refractivity contribution is -0.132. The second-order valence-corrected chi connectivity index (χ2v) is 5.25. The molecule has 0 radical (unpaired) electrons. The normalized spacial score (nSPS) is 27.6. The smallest absolute Gasteiger partial charge is 0.322 e. The van der Waals surface area contributed by atoms with Crippen LogP contribution >= 0.6 is 0 Å². The number of carbonyl (C=O) groups excluding carboxylic acids is 3. The first kappa shape index (κ1) is 13.8. The minimum absolute atomic E-state index is 0.140. The Balaban J connectivity index is 1.96. The summed E-state index contributed by atoms with van der Waals surface area (Å²) in [6.07, 6.45) is 2.99. The van der Waals surface area contributed by atoms with E-state index in [1.807, 2.05) is 6.92 Å². The number of nitrogens with two attached hydrogens (primary N) is 1. The fourth-order valence-electron chi connectivity index (χ4n) is 2.60. The van der Waals surface area contributed by atoms with Crippen molar-refractivity contribution in [2.24, 2.45) is 5.73 Å². The molecular weight excluding hydrogens is 248 g/mol. The highest BCUT2D eigenvalue weighted by Crippen LogP contribution is 2.25. The third-order valence-electron chi connectivity index (χ3n) is 3.78. The van der Waals surface area contributed by atoms with Crippen LogP contribution in [0.15, 0.2) is 0 Å². The van der Waals surface area contributed by atoms with E-state index in [1.165, 1.54) is 0 Å². The predicted octanol–water partition coefficient (Wildman–Crippen LogP) is -0.686. The molecule has 2 atom stereocenters. The zero-order chi connectivity index (χ0) is 14.0. The summed E-state index contributed by atoms with van der Waals surface area (Å²) in [5.74, 6) is -0.491. The van der Waals surface area contributed by atoms with Crippen LogP contribution in [0.3, 0.4) is 0 Å². The summed E-state index contributed by atoms with van der Waals surface area (Å²) < 4.78 is 0. The molecule has 2 heterocycles. The molecule has 7 nitrogen and oxygen atoms in total. The lowest BCUT2D eigenvalue weighted by Gasteiger charge is -2.23. The number of urea groups is 1. The second kappa shape index (κ2) is 5.16. The fourth-order valence-corrected chi connectivity index (χ4v) is 2.60. The van der Waals surface area contributed by atoms with Crippen LogP contribution in [0.5, 0.6) is 0 Å². The van der Waals surface area contributed by atoms with Crippen LogP contribution in [-0.2, 0) is 9.59 Å². The molecule has 2 aliphatic rings. The number of unbranched alkanes of at least 4 members (excludes halogenated alkanes) is 1. The van der Waals surface area contributed by atoms with Gasteiger partial charge in [0.1, 0.15) is 5.54 Å². The Morgan fingerprint density at radius 3 is 2.84 bits per heavy atom. The van der Waals surface area contributed by atoms with Crippen LogP contribution in [-0.4, -0.2) is 47.4 Å². The molecule has 0 aliphatic carbocycles. The zero-order valence-corrected chi connectivity index (χ0v) is 11.1. The highest BCUT2D eigenvalue weighted by atomic mass is 16.2. The van der Waals surface area contributed by atoms with Crippen molar-refractivity contribution in [2.75, 3.05) is 13.1 Å². The van der Waals surface area contributed by atoms with Crippen molar-refractivity contribution < 1.29 is 14.4 Å². The summed E-state index contributed by atoms with van der Waals surface area (Å²) in [6, 6.07) is -1.01. The molecule has 2 rings (SSSR count). The lowest BCUT2D eigenvalue weighted by Crippen LogP contribution is -2.51. The van der Waals surface area contributed by atoms with Crippen LogP contribution in [0, 0.1) is 0 Å². The van der Waals surface area contributed by atoms with Crippen LogP contribution in [0.4, 0.5) is 4.79 Å². The largest absolute Gasteiger partial charge is 0.338 e. The Morgan fingerprint density at radius 2 is 2.26 bits per heavy atom. The number of hydrogen-bond donors (Lipinski definition) is 3. The summed E-state index contributed by atoms with van der Waals surface area (Å²) in [6.45, 7) is 2.70. The molecular formula is C12H20N4O3. The van der Waals surface area contributed by atoms with Gasteiger partial charge < -0.3 is 16.0 Å². The monoisotopic (exact) mass is 268 g/mol. The average Bonchev–Trinajstić information content (AvgIpc) is 2.91. The molecule has 19 heavy (non-hydrogen) atoms. The molecule has 0 bridgehead atoms. The number of rotatable bonds is 4. The first-order valence-electron chi connectivity index (χ1n) is 6.66. The fraction of sp³-hybridized carbons (Fsp3) is 0.750. The third-order valence-corrected chi connectivity index (χ3v) is 3.78. The van der Waals surface area contributed by atoms with Gasteiger partial charge in [-0.3, -0.25) is 14.9 Å². The Morgan fingerprint density at radius 1 is 1.53 bits per heavy atom. The topological polar surface area (TPSA) is 105 Å². The van der Waals surface area contributed by atoms with E-state index in [0.717, 1.165) is 12.8 Å². The Hall–Kier alpha value is -1.63. The molecule has 106 valence electrons. The molecule has 7 heteroatoms.